The molecule has 0 unspecified atom stereocenters. The van der Waals surface area contributed by atoms with Crippen LogP contribution in [-0.4, -0.2) is 12.5 Å². The van der Waals surface area contributed by atoms with Crippen molar-refractivity contribution in [2.75, 3.05) is 11.9 Å². The van der Waals surface area contributed by atoms with Gasteiger partial charge >= 0.3 is 0 Å². The van der Waals surface area contributed by atoms with Crippen LogP contribution >= 0.6 is 27.5 Å². The van der Waals surface area contributed by atoms with Crippen LogP contribution in [0.1, 0.15) is 17.3 Å². The van der Waals surface area contributed by atoms with Gasteiger partial charge in [0.15, 0.2) is 0 Å². The average molecular weight is 373 g/mol. The van der Waals surface area contributed by atoms with Gasteiger partial charge in [0.05, 0.1) is 17.2 Å². The molecule has 0 bridgehead atoms. The summed E-state index contributed by atoms with van der Waals surface area (Å²) in [6, 6.07) is 9.02. The van der Waals surface area contributed by atoms with Gasteiger partial charge in [0.1, 0.15) is 11.6 Å². The number of rotatable bonds is 4. The van der Waals surface area contributed by atoms with Gasteiger partial charge in [-0.25, -0.2) is 4.39 Å². The third kappa shape index (κ3) is 3.95. The number of benzene rings is 2. The smallest absolute Gasteiger partial charge is 0.258 e. The molecule has 0 aliphatic carbocycles. The van der Waals surface area contributed by atoms with Crippen molar-refractivity contribution in [1.29, 1.82) is 0 Å². The van der Waals surface area contributed by atoms with Gasteiger partial charge in [-0.15, -0.1) is 0 Å². The number of ether oxygens (including phenoxy) is 1. The summed E-state index contributed by atoms with van der Waals surface area (Å²) >= 11 is 9.24. The van der Waals surface area contributed by atoms with Crippen LogP contribution in [0.5, 0.6) is 5.75 Å². The summed E-state index contributed by atoms with van der Waals surface area (Å²) in [5, 5.41) is 2.98. The van der Waals surface area contributed by atoms with E-state index in [1.807, 2.05) is 6.92 Å². The fourth-order valence-electron chi connectivity index (χ4n) is 1.72. The Morgan fingerprint density at radius 1 is 1.33 bits per heavy atom. The summed E-state index contributed by atoms with van der Waals surface area (Å²) < 4.78 is 19.6. The van der Waals surface area contributed by atoms with Crippen molar-refractivity contribution in [2.24, 2.45) is 0 Å². The number of hydrogen-bond acceptors (Lipinski definition) is 2. The lowest BCUT2D eigenvalue weighted by Crippen LogP contribution is -2.13. The van der Waals surface area contributed by atoms with E-state index >= 15 is 0 Å². The van der Waals surface area contributed by atoms with E-state index in [1.165, 1.54) is 18.2 Å². The molecule has 0 fully saturated rings. The number of nitrogens with one attached hydrogen (secondary N) is 1. The van der Waals surface area contributed by atoms with E-state index in [0.717, 1.165) is 0 Å². The molecule has 0 saturated carbocycles. The van der Waals surface area contributed by atoms with Crippen molar-refractivity contribution in [3.8, 4) is 5.75 Å². The lowest BCUT2D eigenvalue weighted by molar-refractivity contribution is 0.102. The van der Waals surface area contributed by atoms with Gasteiger partial charge in [0, 0.05) is 10.2 Å². The standard InChI is InChI=1S/C15H12BrClFNO2/c1-2-21-14-6-4-10(8-12(14)17)19-15(20)11-7-9(16)3-5-13(11)18/h3-8H,2H2,1H3,(H,19,20). The first-order chi connectivity index (χ1) is 10.0. The second-order valence-electron chi connectivity index (χ2n) is 4.16. The van der Waals surface area contributed by atoms with Crippen LogP contribution in [0.2, 0.25) is 5.02 Å². The van der Waals surface area contributed by atoms with Crippen LogP contribution in [0, 0.1) is 5.82 Å². The molecule has 6 heteroatoms. The molecule has 0 heterocycles. The summed E-state index contributed by atoms with van der Waals surface area (Å²) in [6.07, 6.45) is 0. The van der Waals surface area contributed by atoms with E-state index in [9.17, 15) is 9.18 Å². The topological polar surface area (TPSA) is 38.3 Å². The SMILES string of the molecule is CCOc1ccc(NC(=O)c2cc(Br)ccc2F)cc1Cl. The van der Waals surface area contributed by atoms with Gasteiger partial charge in [-0.1, -0.05) is 27.5 Å². The van der Waals surface area contributed by atoms with Gasteiger partial charge in [-0.05, 0) is 43.3 Å². The molecule has 2 rings (SSSR count). The van der Waals surface area contributed by atoms with Crippen LogP contribution in [0.4, 0.5) is 10.1 Å². The highest BCUT2D eigenvalue weighted by molar-refractivity contribution is 9.10. The number of carbonyl (C=O) groups excluding carboxylic acids is 1. The fourth-order valence-corrected chi connectivity index (χ4v) is 2.32. The maximum atomic E-state index is 13.6. The molecule has 0 saturated heterocycles. The molecular weight excluding hydrogens is 361 g/mol. The van der Waals surface area contributed by atoms with Crippen LogP contribution in [-0.2, 0) is 0 Å². The van der Waals surface area contributed by atoms with E-state index < -0.39 is 11.7 Å². The second-order valence-corrected chi connectivity index (χ2v) is 5.48. The van der Waals surface area contributed by atoms with Crippen LogP contribution in [0.3, 0.4) is 0 Å². The van der Waals surface area contributed by atoms with Crippen molar-refractivity contribution in [1.82, 2.24) is 0 Å². The fraction of sp³-hybridized carbons (Fsp3) is 0.133. The number of carbonyl (C=O) groups is 1. The maximum absolute atomic E-state index is 13.6. The lowest BCUT2D eigenvalue weighted by Gasteiger charge is -2.09. The minimum absolute atomic E-state index is 0.0469. The zero-order valence-electron chi connectivity index (χ0n) is 11.1. The highest BCUT2D eigenvalue weighted by Crippen LogP contribution is 2.28. The molecule has 1 amide bonds. The van der Waals surface area contributed by atoms with Gasteiger partial charge in [0.25, 0.3) is 5.91 Å². The van der Waals surface area contributed by atoms with Gasteiger partial charge in [-0.3, -0.25) is 4.79 Å². The monoisotopic (exact) mass is 371 g/mol. The minimum atomic E-state index is -0.590. The zero-order chi connectivity index (χ0) is 15.4. The Labute approximate surface area is 135 Å². The predicted octanol–water partition coefficient (Wildman–Crippen LogP) is 4.89. The van der Waals surface area contributed by atoms with E-state index in [4.69, 9.17) is 16.3 Å². The first kappa shape index (κ1) is 15.8. The van der Waals surface area contributed by atoms with Crippen LogP contribution in [0.25, 0.3) is 0 Å². The Bertz CT molecular complexity index is 679. The van der Waals surface area contributed by atoms with E-state index in [-0.39, 0.29) is 5.56 Å². The summed E-state index contributed by atoms with van der Waals surface area (Å²) in [5.74, 6) is -0.604. The van der Waals surface area contributed by atoms with Crippen LogP contribution < -0.4 is 10.1 Å². The lowest BCUT2D eigenvalue weighted by atomic mass is 10.2. The molecule has 3 nitrogen and oxygen atoms in total. The normalized spacial score (nSPS) is 10.3. The van der Waals surface area contributed by atoms with Gasteiger partial charge < -0.3 is 10.1 Å². The first-order valence-corrected chi connectivity index (χ1v) is 7.37. The van der Waals surface area contributed by atoms with E-state index in [1.54, 1.807) is 18.2 Å². The van der Waals surface area contributed by atoms with Crippen molar-refractivity contribution in [3.63, 3.8) is 0 Å². The summed E-state index contributed by atoms with van der Waals surface area (Å²) in [4.78, 5) is 12.1. The Hall–Kier alpha value is -1.59. The summed E-state index contributed by atoms with van der Waals surface area (Å²) in [6.45, 7) is 2.34. The second kappa shape index (κ2) is 6.91. The third-order valence-electron chi connectivity index (χ3n) is 2.66. The maximum Gasteiger partial charge on any atom is 0.258 e. The Morgan fingerprint density at radius 2 is 2.10 bits per heavy atom. The summed E-state index contributed by atoms with van der Waals surface area (Å²) in [7, 11) is 0. The highest BCUT2D eigenvalue weighted by Gasteiger charge is 2.13. The van der Waals surface area contributed by atoms with E-state index in [0.29, 0.717) is 27.5 Å². The Balaban J connectivity index is 2.19. The van der Waals surface area contributed by atoms with Gasteiger partial charge in [-0.2, -0.15) is 0 Å². The first-order valence-electron chi connectivity index (χ1n) is 6.20. The zero-order valence-corrected chi connectivity index (χ0v) is 13.5. The molecule has 2 aromatic carbocycles. The molecule has 110 valence electrons. The number of anilines is 1. The minimum Gasteiger partial charge on any atom is -0.492 e. The highest BCUT2D eigenvalue weighted by atomic mass is 79.9. The molecule has 0 aliphatic rings. The molecule has 0 aliphatic heterocycles. The number of halogens is 3. The van der Waals surface area contributed by atoms with Crippen molar-refractivity contribution < 1.29 is 13.9 Å². The Morgan fingerprint density at radius 3 is 2.76 bits per heavy atom. The van der Waals surface area contributed by atoms with Crippen molar-refractivity contribution in [2.45, 2.75) is 6.92 Å². The largest absolute Gasteiger partial charge is 0.492 e. The molecule has 2 aromatic rings. The third-order valence-corrected chi connectivity index (χ3v) is 3.45. The molecule has 0 radical (unpaired) electrons. The average Bonchev–Trinajstić information content (AvgIpc) is 2.44. The van der Waals surface area contributed by atoms with Crippen molar-refractivity contribution in [3.05, 3.63) is 57.3 Å². The van der Waals surface area contributed by atoms with Crippen molar-refractivity contribution >= 4 is 39.1 Å². The van der Waals surface area contributed by atoms with E-state index in [2.05, 4.69) is 21.2 Å². The molecule has 21 heavy (non-hydrogen) atoms. The van der Waals surface area contributed by atoms with Crippen LogP contribution in [0.15, 0.2) is 40.9 Å². The molecule has 0 atom stereocenters. The molecule has 1 N–H and O–H groups in total. The number of hydrogen-bond donors (Lipinski definition) is 1. The summed E-state index contributed by atoms with van der Waals surface area (Å²) in [5.41, 5.74) is 0.419. The molecule has 0 aromatic heterocycles. The molecular formula is C15H12BrClFNO2. The predicted molar refractivity (Wildman–Crippen MR) is 84.7 cm³/mol. The number of amides is 1. The Kier molecular flexibility index (Phi) is 5.20. The van der Waals surface area contributed by atoms with Gasteiger partial charge in [0.2, 0.25) is 0 Å². The quantitative estimate of drug-likeness (QED) is 0.829. The molecule has 0 spiro atoms.